The van der Waals surface area contributed by atoms with Crippen LogP contribution >= 0.6 is 0 Å². The normalized spacial score (nSPS) is 16.1. The first-order chi connectivity index (χ1) is 16.9. The monoisotopic (exact) mass is 500 g/mol. The maximum Gasteiger partial charge on any atom is 0.252 e. The molecule has 1 N–H and O–H groups in total. The Bertz CT molecular complexity index is 1410. The van der Waals surface area contributed by atoms with E-state index in [1.165, 1.54) is 30.7 Å². The number of aromatic nitrogens is 1. The van der Waals surface area contributed by atoms with Gasteiger partial charge in [0.2, 0.25) is 10.0 Å². The Kier molecular flexibility index (Phi) is 6.33. The molecule has 2 aromatic carbocycles. The smallest absolute Gasteiger partial charge is 0.252 e. The van der Waals surface area contributed by atoms with Crippen molar-refractivity contribution >= 4 is 20.9 Å². The van der Waals surface area contributed by atoms with Crippen LogP contribution in [0, 0.1) is 0 Å². The van der Waals surface area contributed by atoms with E-state index in [2.05, 4.69) is 4.98 Å². The van der Waals surface area contributed by atoms with Crippen molar-refractivity contribution in [2.75, 3.05) is 27.4 Å². The van der Waals surface area contributed by atoms with Gasteiger partial charge in [-0.05, 0) is 37.1 Å². The summed E-state index contributed by atoms with van der Waals surface area (Å²) in [7, 11) is -0.844. The summed E-state index contributed by atoms with van der Waals surface area (Å²) < 4.78 is 51.0. The molecule has 1 aliphatic heterocycles. The lowest BCUT2D eigenvalue weighted by Crippen LogP contribution is -2.39. The highest BCUT2D eigenvalue weighted by Gasteiger charge is 2.34. The molecule has 0 bridgehead atoms. The number of hydrogen-bond acceptors (Lipinski definition) is 7. The number of nitrogens with one attached hydrogen (secondary N) is 1. The van der Waals surface area contributed by atoms with Gasteiger partial charge in [0, 0.05) is 35.7 Å². The van der Waals surface area contributed by atoms with E-state index in [9.17, 15) is 13.2 Å². The minimum atomic E-state index is -3.91. The van der Waals surface area contributed by atoms with E-state index in [-0.39, 0.29) is 23.0 Å². The number of hydrogen-bond donors (Lipinski definition) is 1. The van der Waals surface area contributed by atoms with Gasteiger partial charge in [0.05, 0.1) is 24.6 Å². The lowest BCUT2D eigenvalue weighted by atomic mass is 10.1. The molecule has 10 heteroatoms. The number of ether oxygens (including phenoxy) is 4. The molecule has 35 heavy (non-hydrogen) atoms. The fraction of sp³-hybridized carbons (Fsp3) is 0.400. The van der Waals surface area contributed by atoms with Gasteiger partial charge < -0.3 is 23.9 Å². The van der Waals surface area contributed by atoms with E-state index in [1.807, 2.05) is 0 Å². The van der Waals surface area contributed by atoms with Gasteiger partial charge in [-0.3, -0.25) is 4.79 Å². The third-order valence-electron chi connectivity index (χ3n) is 6.60. The predicted octanol–water partition coefficient (Wildman–Crippen LogP) is 3.45. The van der Waals surface area contributed by atoms with Crippen molar-refractivity contribution in [3.05, 3.63) is 52.3 Å². The molecule has 2 heterocycles. The molecule has 1 fully saturated rings. The van der Waals surface area contributed by atoms with Gasteiger partial charge >= 0.3 is 0 Å². The molecule has 0 saturated heterocycles. The van der Waals surface area contributed by atoms with Crippen molar-refractivity contribution in [1.29, 1.82) is 0 Å². The largest absolute Gasteiger partial charge is 0.493 e. The number of benzene rings is 2. The van der Waals surface area contributed by atoms with Gasteiger partial charge in [-0.15, -0.1) is 0 Å². The summed E-state index contributed by atoms with van der Waals surface area (Å²) in [6.07, 6.45) is 3.40. The summed E-state index contributed by atoms with van der Waals surface area (Å²) in [4.78, 5) is 16.0. The molecule has 0 atom stereocenters. The molecule has 1 aliphatic carbocycles. The van der Waals surface area contributed by atoms with Crippen molar-refractivity contribution in [3.8, 4) is 23.0 Å². The van der Waals surface area contributed by atoms with Crippen LogP contribution in [0.25, 0.3) is 10.9 Å². The van der Waals surface area contributed by atoms with Gasteiger partial charge in [0.15, 0.2) is 23.0 Å². The number of methoxy groups -OCH3 is 2. The summed E-state index contributed by atoms with van der Waals surface area (Å²) in [6.45, 7) is 0.749. The van der Waals surface area contributed by atoms with Crippen molar-refractivity contribution in [3.63, 3.8) is 0 Å². The molecule has 0 radical (unpaired) electrons. The fourth-order valence-electron chi connectivity index (χ4n) is 4.79. The van der Waals surface area contributed by atoms with Gasteiger partial charge in [-0.2, -0.15) is 4.31 Å². The van der Waals surface area contributed by atoms with Crippen LogP contribution in [0.15, 0.2) is 46.1 Å². The average molecular weight is 501 g/mol. The Balaban J connectivity index is 1.55. The highest BCUT2D eigenvalue weighted by molar-refractivity contribution is 7.89. The number of fused-ring (bicyclic) bond motifs is 2. The summed E-state index contributed by atoms with van der Waals surface area (Å²) in [6, 6.07) is 9.66. The molecule has 186 valence electrons. The number of pyridine rings is 1. The molecular weight excluding hydrogens is 472 g/mol. The lowest BCUT2D eigenvalue weighted by molar-refractivity contribution is 0.171. The van der Waals surface area contributed by atoms with Crippen LogP contribution < -0.4 is 24.5 Å². The Labute approximate surface area is 203 Å². The molecular formula is C25H28N2O7S. The number of sulfonamides is 1. The van der Waals surface area contributed by atoms with Crippen LogP contribution in [0.5, 0.6) is 23.0 Å². The molecule has 0 unspecified atom stereocenters. The molecule has 2 aliphatic rings. The van der Waals surface area contributed by atoms with E-state index >= 15 is 0 Å². The van der Waals surface area contributed by atoms with E-state index in [0.29, 0.717) is 47.3 Å². The van der Waals surface area contributed by atoms with E-state index in [4.69, 9.17) is 18.9 Å². The molecule has 5 rings (SSSR count). The Hall–Kier alpha value is -3.24. The van der Waals surface area contributed by atoms with Crippen LogP contribution in [-0.2, 0) is 16.6 Å². The molecule has 1 saturated carbocycles. The van der Waals surface area contributed by atoms with Gasteiger partial charge in [-0.25, -0.2) is 8.42 Å². The van der Waals surface area contributed by atoms with Crippen LogP contribution in [0.3, 0.4) is 0 Å². The minimum Gasteiger partial charge on any atom is -0.493 e. The Morgan fingerprint density at radius 3 is 2.37 bits per heavy atom. The highest BCUT2D eigenvalue weighted by Crippen LogP contribution is 2.36. The van der Waals surface area contributed by atoms with Crippen molar-refractivity contribution < 1.29 is 27.4 Å². The van der Waals surface area contributed by atoms with Crippen LogP contribution in [0.2, 0.25) is 0 Å². The standard InChI is InChI=1S/C25H28N2O7S/c1-31-22-12-16-11-17(25(28)26-20(16)14-23(22)32-2)15-27(18-5-3-4-6-18)35(29,30)19-7-8-21-24(13-19)34-10-9-33-21/h7-8,11-14,18H,3-6,9-10,15H2,1-2H3,(H,26,28). The average Bonchev–Trinajstić information content (AvgIpc) is 3.40. The molecule has 1 aromatic heterocycles. The number of H-pyrrole nitrogens is 1. The van der Waals surface area contributed by atoms with Crippen molar-refractivity contribution in [2.45, 2.75) is 43.2 Å². The summed E-state index contributed by atoms with van der Waals surface area (Å²) >= 11 is 0. The number of aromatic amines is 1. The zero-order valence-corrected chi connectivity index (χ0v) is 20.5. The molecule has 0 amide bonds. The second-order valence-electron chi connectivity index (χ2n) is 8.71. The highest BCUT2D eigenvalue weighted by atomic mass is 32.2. The Morgan fingerprint density at radius 2 is 1.66 bits per heavy atom. The van der Waals surface area contributed by atoms with E-state index in [1.54, 1.807) is 24.3 Å². The van der Waals surface area contributed by atoms with Crippen LogP contribution in [0.1, 0.15) is 31.2 Å². The van der Waals surface area contributed by atoms with E-state index in [0.717, 1.165) is 31.1 Å². The first-order valence-electron chi connectivity index (χ1n) is 11.6. The maximum atomic E-state index is 13.8. The zero-order chi connectivity index (χ0) is 24.6. The second-order valence-corrected chi connectivity index (χ2v) is 10.6. The fourth-order valence-corrected chi connectivity index (χ4v) is 6.46. The second kappa shape index (κ2) is 9.43. The van der Waals surface area contributed by atoms with E-state index < -0.39 is 10.0 Å². The van der Waals surface area contributed by atoms with Crippen molar-refractivity contribution in [2.24, 2.45) is 0 Å². The molecule has 0 spiro atoms. The Morgan fingerprint density at radius 1 is 0.971 bits per heavy atom. The number of nitrogens with zero attached hydrogens (tertiary/aromatic N) is 1. The number of rotatable bonds is 7. The summed E-state index contributed by atoms with van der Waals surface area (Å²) in [5, 5.41) is 0.723. The summed E-state index contributed by atoms with van der Waals surface area (Å²) in [5.74, 6) is 1.96. The van der Waals surface area contributed by atoms with Gasteiger partial charge in [0.1, 0.15) is 13.2 Å². The lowest BCUT2D eigenvalue weighted by Gasteiger charge is -2.28. The molecule has 9 nitrogen and oxygen atoms in total. The molecule has 3 aromatic rings. The third-order valence-corrected chi connectivity index (χ3v) is 8.50. The predicted molar refractivity (Wildman–Crippen MR) is 130 cm³/mol. The zero-order valence-electron chi connectivity index (χ0n) is 19.7. The van der Waals surface area contributed by atoms with Gasteiger partial charge in [0.25, 0.3) is 5.56 Å². The maximum absolute atomic E-state index is 13.8. The quantitative estimate of drug-likeness (QED) is 0.529. The minimum absolute atomic E-state index is 0.0406. The summed E-state index contributed by atoms with van der Waals surface area (Å²) in [5.41, 5.74) is 0.598. The SMILES string of the molecule is COc1cc2cc(CN(C3CCCC3)S(=O)(=O)c3ccc4c(c3)OCCO4)c(=O)[nH]c2cc1OC. The first kappa shape index (κ1) is 23.5. The third kappa shape index (κ3) is 4.43. The topological polar surface area (TPSA) is 107 Å². The van der Waals surface area contributed by atoms with Crippen molar-refractivity contribution in [1.82, 2.24) is 9.29 Å². The van der Waals surface area contributed by atoms with Crippen LogP contribution in [0.4, 0.5) is 0 Å². The van der Waals surface area contributed by atoms with Gasteiger partial charge in [-0.1, -0.05) is 12.8 Å². The van der Waals surface area contributed by atoms with Crippen LogP contribution in [-0.4, -0.2) is 51.2 Å². The first-order valence-corrected chi connectivity index (χ1v) is 13.0.